The number of anilines is 1. The summed E-state index contributed by atoms with van der Waals surface area (Å²) in [5.41, 5.74) is 3.35. The van der Waals surface area contributed by atoms with Crippen LogP contribution in [0.2, 0.25) is 0 Å². The van der Waals surface area contributed by atoms with E-state index < -0.39 is 0 Å². The van der Waals surface area contributed by atoms with Gasteiger partial charge in [0.2, 0.25) is 0 Å². The molecule has 2 amide bonds. The summed E-state index contributed by atoms with van der Waals surface area (Å²) in [4.78, 5) is 25.6. The molecule has 0 radical (unpaired) electrons. The van der Waals surface area contributed by atoms with Crippen LogP contribution in [0.25, 0.3) is 0 Å². The Morgan fingerprint density at radius 3 is 2.00 bits per heavy atom. The van der Waals surface area contributed by atoms with E-state index in [1.807, 2.05) is 53.8 Å². The molecule has 3 aromatic rings. The summed E-state index contributed by atoms with van der Waals surface area (Å²) in [5.74, 6) is -0.258. The SMILES string of the molecule is O=C(C[NH2+]C(c1ccccc1)c1ccccc1)Nc1ccccc1C(=O)NC1CCCC1. The van der Waals surface area contributed by atoms with E-state index in [1.54, 1.807) is 12.1 Å². The average Bonchev–Trinajstić information content (AvgIpc) is 3.34. The number of hydrogen-bond donors (Lipinski definition) is 3. The predicted octanol–water partition coefficient (Wildman–Crippen LogP) is 3.65. The number of hydrogen-bond acceptors (Lipinski definition) is 2. The molecule has 0 unspecified atom stereocenters. The first-order valence-electron chi connectivity index (χ1n) is 11.3. The van der Waals surface area contributed by atoms with Gasteiger partial charge in [-0.25, -0.2) is 0 Å². The van der Waals surface area contributed by atoms with Gasteiger partial charge in [0, 0.05) is 17.2 Å². The van der Waals surface area contributed by atoms with E-state index in [9.17, 15) is 9.59 Å². The highest BCUT2D eigenvalue weighted by Crippen LogP contribution is 2.21. The molecule has 5 nitrogen and oxygen atoms in total. The lowest BCUT2D eigenvalue weighted by atomic mass is 9.99. The number of para-hydroxylation sites is 1. The van der Waals surface area contributed by atoms with Gasteiger partial charge in [-0.15, -0.1) is 0 Å². The Balaban J connectivity index is 1.42. The lowest BCUT2D eigenvalue weighted by Gasteiger charge is -2.17. The van der Waals surface area contributed by atoms with E-state index in [4.69, 9.17) is 0 Å². The van der Waals surface area contributed by atoms with Crippen LogP contribution in [0.3, 0.4) is 0 Å². The Morgan fingerprint density at radius 2 is 1.38 bits per heavy atom. The third-order valence-electron chi connectivity index (χ3n) is 5.99. The maximum absolute atomic E-state index is 12.8. The van der Waals surface area contributed by atoms with Crippen LogP contribution in [0.1, 0.15) is 53.2 Å². The molecule has 164 valence electrons. The number of carbonyl (C=O) groups is 2. The van der Waals surface area contributed by atoms with Crippen LogP contribution >= 0.6 is 0 Å². The van der Waals surface area contributed by atoms with E-state index in [-0.39, 0.29) is 30.4 Å². The first kappa shape index (κ1) is 21.8. The summed E-state index contributed by atoms with van der Waals surface area (Å²) in [6.07, 6.45) is 4.36. The molecule has 4 rings (SSSR count). The molecule has 3 aromatic carbocycles. The fourth-order valence-electron chi connectivity index (χ4n) is 4.33. The number of nitrogens with two attached hydrogens (primary N) is 1. The first-order valence-corrected chi connectivity index (χ1v) is 11.3. The molecular formula is C27H30N3O2+. The van der Waals surface area contributed by atoms with Crippen LogP contribution < -0.4 is 16.0 Å². The van der Waals surface area contributed by atoms with Crippen molar-refractivity contribution in [2.75, 3.05) is 11.9 Å². The van der Waals surface area contributed by atoms with E-state index in [0.717, 1.165) is 36.8 Å². The molecule has 0 aliphatic heterocycles. The Kier molecular flexibility index (Phi) is 7.31. The number of nitrogens with one attached hydrogen (secondary N) is 2. The number of benzene rings is 3. The van der Waals surface area contributed by atoms with Gasteiger partial charge in [0.05, 0.1) is 11.3 Å². The molecule has 5 heteroatoms. The first-order chi connectivity index (χ1) is 15.7. The van der Waals surface area contributed by atoms with Crippen molar-refractivity contribution in [1.29, 1.82) is 0 Å². The van der Waals surface area contributed by atoms with Gasteiger partial charge in [-0.05, 0) is 25.0 Å². The third kappa shape index (κ3) is 5.62. The molecule has 1 aliphatic rings. The Morgan fingerprint density at radius 1 is 0.812 bits per heavy atom. The van der Waals surface area contributed by atoms with E-state index in [2.05, 4.69) is 34.9 Å². The van der Waals surface area contributed by atoms with Crippen LogP contribution in [0.15, 0.2) is 84.9 Å². The zero-order valence-electron chi connectivity index (χ0n) is 18.2. The molecule has 1 fully saturated rings. The van der Waals surface area contributed by atoms with E-state index >= 15 is 0 Å². The van der Waals surface area contributed by atoms with Crippen molar-refractivity contribution >= 4 is 17.5 Å². The number of amides is 2. The molecule has 1 saturated carbocycles. The van der Waals surface area contributed by atoms with Gasteiger partial charge in [-0.3, -0.25) is 9.59 Å². The fraction of sp³-hybridized carbons (Fsp3) is 0.259. The molecule has 0 spiro atoms. The van der Waals surface area contributed by atoms with Crippen LogP contribution in [0.5, 0.6) is 0 Å². The van der Waals surface area contributed by atoms with Gasteiger partial charge in [-0.1, -0.05) is 85.6 Å². The minimum atomic E-state index is -0.136. The summed E-state index contributed by atoms with van der Waals surface area (Å²) in [6.45, 7) is 0.243. The summed E-state index contributed by atoms with van der Waals surface area (Å²) < 4.78 is 0. The van der Waals surface area contributed by atoms with Crippen LogP contribution in [0, 0.1) is 0 Å². The average molecular weight is 429 g/mol. The highest BCUT2D eigenvalue weighted by molar-refractivity contribution is 6.04. The smallest absolute Gasteiger partial charge is 0.279 e. The number of carbonyl (C=O) groups excluding carboxylic acids is 2. The summed E-state index contributed by atoms with van der Waals surface area (Å²) in [6, 6.07) is 27.8. The fourth-order valence-corrected chi connectivity index (χ4v) is 4.33. The van der Waals surface area contributed by atoms with E-state index in [0.29, 0.717) is 11.3 Å². The Labute approximate surface area is 189 Å². The Bertz CT molecular complexity index is 992. The Hall–Kier alpha value is -3.44. The lowest BCUT2D eigenvalue weighted by molar-refractivity contribution is -0.676. The van der Waals surface area contributed by atoms with Crippen LogP contribution in [-0.2, 0) is 4.79 Å². The summed E-state index contributed by atoms with van der Waals surface area (Å²) in [7, 11) is 0. The minimum Gasteiger partial charge on any atom is -0.349 e. The van der Waals surface area contributed by atoms with Crippen molar-refractivity contribution in [2.24, 2.45) is 0 Å². The van der Waals surface area contributed by atoms with Gasteiger partial charge in [-0.2, -0.15) is 0 Å². The van der Waals surface area contributed by atoms with E-state index in [1.165, 1.54) is 0 Å². The quantitative estimate of drug-likeness (QED) is 0.512. The lowest BCUT2D eigenvalue weighted by Crippen LogP contribution is -2.87. The molecule has 0 heterocycles. The standard InChI is InChI=1S/C27H29N3O2/c31-25(19-28-26(20-11-3-1-4-12-20)21-13-5-2-6-14-21)30-24-18-10-9-17-23(24)27(32)29-22-15-7-8-16-22/h1-6,9-14,17-18,22,26,28H,7-8,15-16,19H2,(H,29,32)(H,30,31)/p+1. The van der Waals surface area contributed by atoms with Gasteiger partial charge < -0.3 is 16.0 Å². The van der Waals surface area contributed by atoms with Gasteiger partial charge in [0.25, 0.3) is 11.8 Å². The summed E-state index contributed by atoms with van der Waals surface area (Å²) in [5, 5.41) is 8.08. The second kappa shape index (κ2) is 10.7. The topological polar surface area (TPSA) is 74.8 Å². The maximum Gasteiger partial charge on any atom is 0.279 e. The van der Waals surface area contributed by atoms with Crippen molar-refractivity contribution < 1.29 is 14.9 Å². The zero-order chi connectivity index (χ0) is 22.2. The molecule has 1 aliphatic carbocycles. The molecule has 0 aromatic heterocycles. The monoisotopic (exact) mass is 428 g/mol. The molecular weight excluding hydrogens is 398 g/mol. The van der Waals surface area contributed by atoms with Crippen molar-refractivity contribution in [3.05, 3.63) is 102 Å². The van der Waals surface area contributed by atoms with Crippen molar-refractivity contribution in [3.8, 4) is 0 Å². The molecule has 0 bridgehead atoms. The number of rotatable bonds is 8. The largest absolute Gasteiger partial charge is 0.349 e. The van der Waals surface area contributed by atoms with Crippen molar-refractivity contribution in [1.82, 2.24) is 5.32 Å². The molecule has 0 saturated heterocycles. The van der Waals surface area contributed by atoms with Crippen LogP contribution in [0.4, 0.5) is 5.69 Å². The van der Waals surface area contributed by atoms with Gasteiger partial charge in [0.15, 0.2) is 6.54 Å². The van der Waals surface area contributed by atoms with Gasteiger partial charge in [0.1, 0.15) is 6.04 Å². The van der Waals surface area contributed by atoms with Crippen molar-refractivity contribution in [3.63, 3.8) is 0 Å². The zero-order valence-corrected chi connectivity index (χ0v) is 18.2. The minimum absolute atomic E-state index is 0.0176. The highest BCUT2D eigenvalue weighted by Gasteiger charge is 2.22. The second-order valence-corrected chi connectivity index (χ2v) is 8.29. The van der Waals surface area contributed by atoms with Crippen molar-refractivity contribution in [2.45, 2.75) is 37.8 Å². The maximum atomic E-state index is 12.8. The molecule has 32 heavy (non-hydrogen) atoms. The van der Waals surface area contributed by atoms with Crippen LogP contribution in [-0.4, -0.2) is 24.4 Å². The number of quaternary nitrogens is 1. The predicted molar refractivity (Wildman–Crippen MR) is 126 cm³/mol. The summed E-state index contributed by atoms with van der Waals surface area (Å²) >= 11 is 0. The second-order valence-electron chi connectivity index (χ2n) is 8.29. The highest BCUT2D eigenvalue weighted by atomic mass is 16.2. The van der Waals surface area contributed by atoms with Gasteiger partial charge >= 0.3 is 0 Å². The molecule has 0 atom stereocenters. The third-order valence-corrected chi connectivity index (χ3v) is 5.99. The normalized spacial score (nSPS) is 13.8. The molecule has 4 N–H and O–H groups in total.